The molecule has 1 aromatic carbocycles. The summed E-state index contributed by atoms with van der Waals surface area (Å²) in [6, 6.07) is 6.40. The van der Waals surface area contributed by atoms with Crippen molar-refractivity contribution in [2.75, 3.05) is 32.8 Å². The minimum atomic E-state index is -0.474. The number of fused-ring (bicyclic) bond motifs is 1. The summed E-state index contributed by atoms with van der Waals surface area (Å²) in [5, 5.41) is 14.6. The van der Waals surface area contributed by atoms with Crippen LogP contribution in [0.1, 0.15) is 11.9 Å². The molecular formula is C16H23N3O2S. The van der Waals surface area contributed by atoms with Gasteiger partial charge in [-0.15, -0.1) is 11.3 Å². The molecule has 0 spiro atoms. The molecule has 0 bridgehead atoms. The van der Waals surface area contributed by atoms with Crippen LogP contribution in [0.4, 0.5) is 0 Å². The molecule has 0 unspecified atom stereocenters. The number of aliphatic hydroxyl groups is 1. The van der Waals surface area contributed by atoms with Crippen molar-refractivity contribution in [1.82, 2.24) is 15.2 Å². The number of aromatic nitrogens is 1. The Bertz CT molecular complexity index is 631. The lowest BCUT2D eigenvalue weighted by Crippen LogP contribution is -2.51. The van der Waals surface area contributed by atoms with Crippen LogP contribution in [0, 0.1) is 6.92 Å². The van der Waals surface area contributed by atoms with E-state index in [1.807, 2.05) is 25.1 Å². The molecule has 2 heterocycles. The van der Waals surface area contributed by atoms with Gasteiger partial charge in [0.1, 0.15) is 18.5 Å². The topological polar surface area (TPSA) is 57.6 Å². The van der Waals surface area contributed by atoms with Crippen LogP contribution in [0.15, 0.2) is 18.2 Å². The van der Waals surface area contributed by atoms with E-state index in [4.69, 9.17) is 4.74 Å². The smallest absolute Gasteiger partial charge is 0.121 e. The largest absolute Gasteiger partial charge is 0.491 e. The van der Waals surface area contributed by atoms with Crippen LogP contribution in [0.25, 0.3) is 10.2 Å². The third kappa shape index (κ3) is 3.95. The summed E-state index contributed by atoms with van der Waals surface area (Å²) in [6.07, 6.45) is -0.474. The van der Waals surface area contributed by atoms with Gasteiger partial charge in [-0.3, -0.25) is 4.90 Å². The summed E-state index contributed by atoms with van der Waals surface area (Å²) >= 11 is 1.68. The van der Waals surface area contributed by atoms with Gasteiger partial charge in [-0.1, -0.05) is 0 Å². The first-order valence-corrected chi connectivity index (χ1v) is 8.55. The van der Waals surface area contributed by atoms with Crippen LogP contribution >= 0.6 is 11.3 Å². The highest BCUT2D eigenvalue weighted by molar-refractivity contribution is 7.18. The number of aryl methyl sites for hydroxylation is 1. The lowest BCUT2D eigenvalue weighted by molar-refractivity contribution is 0.0589. The minimum Gasteiger partial charge on any atom is -0.491 e. The van der Waals surface area contributed by atoms with Crippen LogP contribution in [-0.2, 0) is 0 Å². The fourth-order valence-corrected chi connectivity index (χ4v) is 3.64. The lowest BCUT2D eigenvalue weighted by atomic mass is 10.2. The molecule has 5 nitrogen and oxygen atoms in total. The second kappa shape index (κ2) is 6.91. The number of hydrogen-bond donors (Lipinski definition) is 2. The van der Waals surface area contributed by atoms with Crippen molar-refractivity contribution < 1.29 is 9.84 Å². The van der Waals surface area contributed by atoms with E-state index < -0.39 is 6.10 Å². The van der Waals surface area contributed by atoms with Crippen LogP contribution in [0.3, 0.4) is 0 Å². The molecule has 1 aliphatic heterocycles. The maximum absolute atomic E-state index is 10.2. The van der Waals surface area contributed by atoms with Crippen LogP contribution in [-0.4, -0.2) is 59.9 Å². The first kappa shape index (κ1) is 15.7. The molecule has 1 aromatic heterocycles. The molecule has 22 heavy (non-hydrogen) atoms. The Morgan fingerprint density at radius 2 is 2.41 bits per heavy atom. The Balaban J connectivity index is 1.51. The molecule has 1 saturated heterocycles. The predicted octanol–water partition coefficient (Wildman–Crippen LogP) is 1.64. The summed E-state index contributed by atoms with van der Waals surface area (Å²) in [6.45, 7) is 8.07. The molecule has 120 valence electrons. The van der Waals surface area contributed by atoms with Gasteiger partial charge in [0.15, 0.2) is 0 Å². The molecular weight excluding hydrogens is 298 g/mol. The van der Waals surface area contributed by atoms with E-state index in [1.54, 1.807) is 11.3 Å². The summed E-state index contributed by atoms with van der Waals surface area (Å²) in [7, 11) is 0. The van der Waals surface area contributed by atoms with Crippen LogP contribution in [0.2, 0.25) is 0 Å². The van der Waals surface area contributed by atoms with E-state index in [0.717, 1.165) is 35.9 Å². The fourth-order valence-electron chi connectivity index (χ4n) is 2.83. The standard InChI is InChI=1S/C16H23N3O2S/c1-11-8-19(6-5-17-11)9-13(20)10-21-14-3-4-16-15(7-14)18-12(2)22-16/h3-4,7,11,13,17,20H,5-6,8-10H2,1-2H3/t11-,13+/m1/s1. The molecule has 0 saturated carbocycles. The summed E-state index contributed by atoms with van der Waals surface area (Å²) in [5.41, 5.74) is 0.963. The maximum atomic E-state index is 10.2. The number of nitrogens with one attached hydrogen (secondary N) is 1. The zero-order valence-electron chi connectivity index (χ0n) is 13.1. The van der Waals surface area contributed by atoms with Gasteiger partial charge < -0.3 is 15.2 Å². The van der Waals surface area contributed by atoms with E-state index in [2.05, 4.69) is 22.1 Å². The monoisotopic (exact) mass is 321 g/mol. The zero-order valence-corrected chi connectivity index (χ0v) is 13.9. The number of piperazine rings is 1. The van der Waals surface area contributed by atoms with Gasteiger partial charge in [-0.2, -0.15) is 0 Å². The fraction of sp³-hybridized carbons (Fsp3) is 0.562. The predicted molar refractivity (Wildman–Crippen MR) is 89.8 cm³/mol. The Morgan fingerprint density at radius 1 is 1.55 bits per heavy atom. The molecule has 0 radical (unpaired) electrons. The summed E-state index contributed by atoms with van der Waals surface area (Å²) < 4.78 is 6.89. The molecule has 0 amide bonds. The number of hydrogen-bond acceptors (Lipinski definition) is 6. The van der Waals surface area contributed by atoms with E-state index in [0.29, 0.717) is 19.2 Å². The number of nitrogens with zero attached hydrogens (tertiary/aromatic N) is 2. The molecule has 6 heteroatoms. The zero-order chi connectivity index (χ0) is 15.5. The highest BCUT2D eigenvalue weighted by atomic mass is 32.1. The number of ether oxygens (including phenoxy) is 1. The van der Waals surface area contributed by atoms with Gasteiger partial charge in [0, 0.05) is 38.3 Å². The molecule has 2 aromatic rings. The third-order valence-corrected chi connectivity index (χ3v) is 4.78. The highest BCUT2D eigenvalue weighted by Gasteiger charge is 2.18. The van der Waals surface area contributed by atoms with Gasteiger partial charge in [0.05, 0.1) is 15.2 Å². The number of β-amino-alcohol motifs (C(OH)–C–C–N with tert-alkyl or cyclic N) is 1. The number of rotatable bonds is 5. The molecule has 0 aliphatic carbocycles. The Kier molecular flexibility index (Phi) is 4.93. The molecule has 2 N–H and O–H groups in total. The number of thiazole rings is 1. The number of aliphatic hydroxyl groups excluding tert-OH is 1. The second-order valence-electron chi connectivity index (χ2n) is 5.94. The summed E-state index contributed by atoms with van der Waals surface area (Å²) in [4.78, 5) is 6.74. The van der Waals surface area contributed by atoms with E-state index in [1.165, 1.54) is 4.70 Å². The maximum Gasteiger partial charge on any atom is 0.121 e. The Hall–Kier alpha value is -1.21. The normalized spacial score (nSPS) is 21.1. The Labute approximate surface area is 134 Å². The molecule has 3 rings (SSSR count). The molecule has 1 fully saturated rings. The van der Waals surface area contributed by atoms with E-state index in [-0.39, 0.29) is 0 Å². The summed E-state index contributed by atoms with van der Waals surface area (Å²) in [5.74, 6) is 0.769. The third-order valence-electron chi connectivity index (χ3n) is 3.83. The average molecular weight is 321 g/mol. The Morgan fingerprint density at radius 3 is 3.23 bits per heavy atom. The van der Waals surface area contributed by atoms with E-state index >= 15 is 0 Å². The highest BCUT2D eigenvalue weighted by Crippen LogP contribution is 2.25. The van der Waals surface area contributed by atoms with Crippen LogP contribution in [0.5, 0.6) is 5.75 Å². The first-order valence-electron chi connectivity index (χ1n) is 7.74. The van der Waals surface area contributed by atoms with Gasteiger partial charge in [0.2, 0.25) is 0 Å². The van der Waals surface area contributed by atoms with Crippen molar-refractivity contribution in [1.29, 1.82) is 0 Å². The van der Waals surface area contributed by atoms with Crippen molar-refractivity contribution >= 4 is 21.6 Å². The van der Waals surface area contributed by atoms with Crippen molar-refractivity contribution in [3.05, 3.63) is 23.2 Å². The SMILES string of the molecule is Cc1nc2cc(OC[C@@H](O)CN3CCN[C@H](C)C3)ccc2s1. The quantitative estimate of drug-likeness (QED) is 0.877. The van der Waals surface area contributed by atoms with Crippen molar-refractivity contribution in [2.24, 2.45) is 0 Å². The molecule has 1 aliphatic rings. The van der Waals surface area contributed by atoms with Crippen molar-refractivity contribution in [3.63, 3.8) is 0 Å². The van der Waals surface area contributed by atoms with Gasteiger partial charge in [-0.25, -0.2) is 4.98 Å². The minimum absolute atomic E-state index is 0.312. The molecule has 2 atom stereocenters. The van der Waals surface area contributed by atoms with Gasteiger partial charge in [0.25, 0.3) is 0 Å². The van der Waals surface area contributed by atoms with Gasteiger partial charge >= 0.3 is 0 Å². The van der Waals surface area contributed by atoms with Crippen LogP contribution < -0.4 is 10.1 Å². The van der Waals surface area contributed by atoms with Crippen molar-refractivity contribution in [3.8, 4) is 5.75 Å². The number of benzene rings is 1. The van der Waals surface area contributed by atoms with Crippen molar-refractivity contribution in [2.45, 2.75) is 26.0 Å². The second-order valence-corrected chi connectivity index (χ2v) is 7.18. The van der Waals surface area contributed by atoms with Gasteiger partial charge in [-0.05, 0) is 26.0 Å². The van der Waals surface area contributed by atoms with E-state index in [9.17, 15) is 5.11 Å². The average Bonchev–Trinajstić information content (AvgIpc) is 2.84. The lowest BCUT2D eigenvalue weighted by Gasteiger charge is -2.33. The first-order chi connectivity index (χ1) is 10.6.